The van der Waals surface area contributed by atoms with Crippen molar-refractivity contribution in [3.8, 4) is 5.75 Å². The third kappa shape index (κ3) is 4.76. The first-order valence-corrected chi connectivity index (χ1v) is 12.9. The number of fused-ring (bicyclic) bond motifs is 3. The summed E-state index contributed by atoms with van der Waals surface area (Å²) < 4.78 is 4.75. The molecule has 0 spiro atoms. The maximum absolute atomic E-state index is 13.7. The molecule has 0 bridgehead atoms. The van der Waals surface area contributed by atoms with E-state index in [2.05, 4.69) is 10.6 Å². The molecule has 1 saturated heterocycles. The van der Waals surface area contributed by atoms with Crippen LogP contribution < -0.4 is 15.4 Å². The highest BCUT2D eigenvalue weighted by atomic mass is 32.2. The van der Waals surface area contributed by atoms with Gasteiger partial charge in [0.05, 0.1) is 7.11 Å². The standard InChI is InChI=1S/C27H33N3O4S/c1-6-16(2)21(23(31)28-15-17-10-9-11-18(14-17)34-5)29-24(32)22-27(3,4)35-26-20-13-8-7-12-19(20)25(33)30(22)26/h7-14,16,21-22,26H,6,15H2,1-5H3,(H,28,31)(H,29,32)/t16-,21+,22-,26?/m0/s1. The second kappa shape index (κ2) is 9.93. The molecule has 1 fully saturated rings. The van der Waals surface area contributed by atoms with Gasteiger partial charge in [0, 0.05) is 16.9 Å². The van der Waals surface area contributed by atoms with Crippen LogP contribution in [0.5, 0.6) is 5.75 Å². The third-order valence-electron chi connectivity index (χ3n) is 6.94. The maximum atomic E-state index is 13.7. The van der Waals surface area contributed by atoms with E-state index < -0.39 is 16.8 Å². The van der Waals surface area contributed by atoms with Crippen LogP contribution in [-0.2, 0) is 16.1 Å². The van der Waals surface area contributed by atoms with Crippen molar-refractivity contribution in [1.29, 1.82) is 0 Å². The molecule has 2 aromatic rings. The Labute approximate surface area is 211 Å². The van der Waals surface area contributed by atoms with E-state index in [1.54, 1.807) is 23.8 Å². The maximum Gasteiger partial charge on any atom is 0.256 e. The number of carbonyl (C=O) groups excluding carboxylic acids is 3. The van der Waals surface area contributed by atoms with Gasteiger partial charge in [0.15, 0.2) is 0 Å². The molecule has 35 heavy (non-hydrogen) atoms. The summed E-state index contributed by atoms with van der Waals surface area (Å²) in [7, 11) is 1.60. The van der Waals surface area contributed by atoms with Crippen LogP contribution in [0.15, 0.2) is 48.5 Å². The van der Waals surface area contributed by atoms with Crippen LogP contribution in [0.1, 0.15) is 61.0 Å². The van der Waals surface area contributed by atoms with E-state index in [0.29, 0.717) is 12.1 Å². The lowest BCUT2D eigenvalue weighted by atomic mass is 9.95. The molecule has 2 aliphatic rings. The minimum absolute atomic E-state index is 0.0799. The molecule has 2 N–H and O–H groups in total. The van der Waals surface area contributed by atoms with E-state index in [1.165, 1.54) is 0 Å². The lowest BCUT2D eigenvalue weighted by Crippen LogP contribution is -2.58. The van der Waals surface area contributed by atoms with Gasteiger partial charge in [0.1, 0.15) is 23.2 Å². The number of thioether (sulfide) groups is 1. The molecule has 0 aromatic heterocycles. The van der Waals surface area contributed by atoms with Crippen molar-refractivity contribution in [3.63, 3.8) is 0 Å². The third-order valence-corrected chi connectivity index (χ3v) is 8.47. The average Bonchev–Trinajstić information content (AvgIpc) is 3.29. The molecule has 4 rings (SSSR count). The normalized spacial score (nSPS) is 21.6. The summed E-state index contributed by atoms with van der Waals surface area (Å²) in [5.74, 6) is -0.0371. The van der Waals surface area contributed by atoms with Gasteiger partial charge in [-0.15, -0.1) is 11.8 Å². The Morgan fingerprint density at radius 1 is 1.17 bits per heavy atom. The number of amides is 3. The first-order valence-electron chi connectivity index (χ1n) is 12.0. The molecule has 0 saturated carbocycles. The first kappa shape index (κ1) is 25.1. The van der Waals surface area contributed by atoms with E-state index in [1.807, 2.05) is 76.2 Å². The van der Waals surface area contributed by atoms with Gasteiger partial charge in [-0.25, -0.2) is 0 Å². The zero-order valence-electron chi connectivity index (χ0n) is 20.8. The fourth-order valence-electron chi connectivity index (χ4n) is 4.82. The number of benzene rings is 2. The molecular formula is C27H33N3O4S. The van der Waals surface area contributed by atoms with E-state index >= 15 is 0 Å². The fourth-order valence-corrected chi connectivity index (χ4v) is 6.41. The minimum Gasteiger partial charge on any atom is -0.497 e. The molecule has 8 heteroatoms. The highest BCUT2D eigenvalue weighted by Gasteiger charge is 2.57. The molecular weight excluding hydrogens is 462 g/mol. The molecule has 2 aromatic carbocycles. The molecule has 3 amide bonds. The van der Waals surface area contributed by atoms with Crippen molar-refractivity contribution in [2.75, 3.05) is 7.11 Å². The van der Waals surface area contributed by atoms with Crippen molar-refractivity contribution < 1.29 is 19.1 Å². The number of carbonyl (C=O) groups is 3. The monoisotopic (exact) mass is 495 g/mol. The Morgan fingerprint density at radius 3 is 2.63 bits per heavy atom. The van der Waals surface area contributed by atoms with Gasteiger partial charge in [-0.3, -0.25) is 14.4 Å². The smallest absolute Gasteiger partial charge is 0.256 e. The number of ether oxygens (including phenoxy) is 1. The molecule has 4 atom stereocenters. The molecule has 2 aliphatic heterocycles. The van der Waals surface area contributed by atoms with E-state index in [-0.39, 0.29) is 29.0 Å². The topological polar surface area (TPSA) is 87.7 Å². The van der Waals surface area contributed by atoms with Gasteiger partial charge in [-0.1, -0.05) is 50.6 Å². The van der Waals surface area contributed by atoms with Crippen molar-refractivity contribution in [2.24, 2.45) is 5.92 Å². The van der Waals surface area contributed by atoms with Crippen molar-refractivity contribution in [2.45, 2.75) is 62.9 Å². The van der Waals surface area contributed by atoms with E-state index in [9.17, 15) is 14.4 Å². The van der Waals surface area contributed by atoms with Crippen LogP contribution in [0.3, 0.4) is 0 Å². The lowest BCUT2D eigenvalue weighted by Gasteiger charge is -2.32. The Kier molecular flexibility index (Phi) is 7.12. The van der Waals surface area contributed by atoms with Crippen LogP contribution in [-0.4, -0.2) is 46.6 Å². The van der Waals surface area contributed by atoms with Crippen LogP contribution in [0.2, 0.25) is 0 Å². The van der Waals surface area contributed by atoms with Crippen LogP contribution in [0, 0.1) is 5.92 Å². The summed E-state index contributed by atoms with van der Waals surface area (Å²) >= 11 is 1.61. The first-order chi connectivity index (χ1) is 16.7. The predicted molar refractivity (Wildman–Crippen MR) is 137 cm³/mol. The molecule has 186 valence electrons. The van der Waals surface area contributed by atoms with Gasteiger partial charge in [-0.2, -0.15) is 0 Å². The van der Waals surface area contributed by atoms with E-state index in [0.717, 1.165) is 23.3 Å². The highest BCUT2D eigenvalue weighted by molar-refractivity contribution is 8.01. The minimum atomic E-state index is -0.710. The van der Waals surface area contributed by atoms with Crippen molar-refractivity contribution in [1.82, 2.24) is 15.5 Å². The Bertz CT molecular complexity index is 1130. The Hall–Kier alpha value is -3.00. The number of nitrogens with one attached hydrogen (secondary N) is 2. The number of nitrogens with zero attached hydrogens (tertiary/aromatic N) is 1. The number of hydrogen-bond acceptors (Lipinski definition) is 5. The number of rotatable bonds is 8. The zero-order chi connectivity index (χ0) is 25.3. The second-order valence-electron chi connectivity index (χ2n) is 9.72. The molecule has 2 heterocycles. The lowest BCUT2D eigenvalue weighted by molar-refractivity contribution is -0.133. The van der Waals surface area contributed by atoms with Crippen LogP contribution in [0.25, 0.3) is 0 Å². The highest BCUT2D eigenvalue weighted by Crippen LogP contribution is 2.56. The van der Waals surface area contributed by atoms with Gasteiger partial charge in [0.2, 0.25) is 11.8 Å². The average molecular weight is 496 g/mol. The summed E-state index contributed by atoms with van der Waals surface area (Å²) in [4.78, 5) is 41.8. The molecule has 7 nitrogen and oxygen atoms in total. The number of hydrogen-bond donors (Lipinski definition) is 2. The second-order valence-corrected chi connectivity index (χ2v) is 11.5. The Balaban J connectivity index is 1.51. The van der Waals surface area contributed by atoms with E-state index in [4.69, 9.17) is 4.74 Å². The van der Waals surface area contributed by atoms with Gasteiger partial charge in [0.25, 0.3) is 5.91 Å². The van der Waals surface area contributed by atoms with Gasteiger partial charge >= 0.3 is 0 Å². The molecule has 1 unspecified atom stereocenters. The fraction of sp³-hybridized carbons (Fsp3) is 0.444. The number of methoxy groups -OCH3 is 1. The van der Waals surface area contributed by atoms with Crippen LogP contribution in [0.4, 0.5) is 0 Å². The summed E-state index contributed by atoms with van der Waals surface area (Å²) in [5.41, 5.74) is 2.50. The van der Waals surface area contributed by atoms with Gasteiger partial charge in [-0.05, 0) is 49.1 Å². The predicted octanol–water partition coefficient (Wildman–Crippen LogP) is 3.89. The molecule has 0 aliphatic carbocycles. The zero-order valence-corrected chi connectivity index (χ0v) is 21.6. The van der Waals surface area contributed by atoms with Gasteiger partial charge < -0.3 is 20.3 Å². The van der Waals surface area contributed by atoms with Crippen molar-refractivity contribution >= 4 is 29.5 Å². The Morgan fingerprint density at radius 2 is 1.91 bits per heavy atom. The SMILES string of the molecule is CC[C@H](C)[C@@H](NC(=O)[C@@H]1N2C(=O)c3ccccc3C2SC1(C)C)C(=O)NCc1cccc(OC)c1. The summed E-state index contributed by atoms with van der Waals surface area (Å²) in [5, 5.41) is 5.76. The molecule has 0 radical (unpaired) electrons. The quantitative estimate of drug-likeness (QED) is 0.580. The largest absolute Gasteiger partial charge is 0.497 e. The van der Waals surface area contributed by atoms with Crippen LogP contribution >= 0.6 is 11.8 Å². The van der Waals surface area contributed by atoms with Crippen molar-refractivity contribution in [3.05, 3.63) is 65.2 Å². The summed E-state index contributed by atoms with van der Waals surface area (Å²) in [6.45, 7) is 8.23. The summed E-state index contributed by atoms with van der Waals surface area (Å²) in [6, 6.07) is 13.6. The summed E-state index contributed by atoms with van der Waals surface area (Å²) in [6.07, 6.45) is 0.719.